The molecule has 7 heteroatoms. The Morgan fingerprint density at radius 1 is 0.900 bits per heavy atom. The van der Waals surface area contributed by atoms with Crippen LogP contribution in [-0.2, 0) is 10.0 Å². The predicted octanol–water partition coefficient (Wildman–Crippen LogP) is 4.11. The first-order valence-corrected chi connectivity index (χ1v) is 13.1. The van der Waals surface area contributed by atoms with Gasteiger partial charge in [-0.25, -0.2) is 8.42 Å². The van der Waals surface area contributed by atoms with Crippen LogP contribution >= 0.6 is 0 Å². The molecule has 0 aromatic heterocycles. The minimum atomic E-state index is -3.63. The Kier molecular flexibility index (Phi) is 8.17. The van der Waals surface area contributed by atoms with E-state index in [1.165, 1.54) is 6.42 Å². The van der Waals surface area contributed by atoms with Crippen LogP contribution in [0.1, 0.15) is 75.6 Å². The van der Waals surface area contributed by atoms with E-state index in [9.17, 15) is 13.2 Å². The van der Waals surface area contributed by atoms with Gasteiger partial charge >= 0.3 is 0 Å². The molecule has 1 aromatic rings. The standard InChI is InChI=1S/C23H37N3O3S/c1-3-13-25(14-4-2)23(27)20-11-12-21(24-15-7-5-8-16-24)22(19-20)30(28,29)26-17-9-6-10-18-26/h11-12,19H,3-10,13-18H2,1-2H3. The number of rotatable bonds is 8. The molecule has 1 aromatic carbocycles. The number of carbonyl (C=O) groups excluding carboxylic acids is 1. The van der Waals surface area contributed by atoms with E-state index < -0.39 is 10.0 Å². The third-order valence-corrected chi connectivity index (χ3v) is 8.04. The fourth-order valence-electron chi connectivity index (χ4n) is 4.53. The smallest absolute Gasteiger partial charge is 0.253 e. The van der Waals surface area contributed by atoms with Gasteiger partial charge in [-0.15, -0.1) is 0 Å². The topological polar surface area (TPSA) is 60.9 Å². The van der Waals surface area contributed by atoms with Crippen LogP contribution in [-0.4, -0.2) is 62.8 Å². The van der Waals surface area contributed by atoms with E-state index in [0.29, 0.717) is 36.6 Å². The first-order chi connectivity index (χ1) is 14.5. The van der Waals surface area contributed by atoms with E-state index in [1.807, 2.05) is 17.0 Å². The molecule has 0 aliphatic carbocycles. The lowest BCUT2D eigenvalue weighted by atomic mass is 10.1. The lowest BCUT2D eigenvalue weighted by Gasteiger charge is -2.33. The highest BCUT2D eigenvalue weighted by molar-refractivity contribution is 7.89. The lowest BCUT2D eigenvalue weighted by molar-refractivity contribution is 0.0755. The number of amides is 1. The molecule has 0 spiro atoms. The Labute approximate surface area is 182 Å². The highest BCUT2D eigenvalue weighted by Crippen LogP contribution is 2.32. The summed E-state index contributed by atoms with van der Waals surface area (Å²) in [7, 11) is -3.63. The van der Waals surface area contributed by atoms with Gasteiger partial charge in [-0.05, 0) is 63.1 Å². The van der Waals surface area contributed by atoms with E-state index in [2.05, 4.69) is 18.7 Å². The fraction of sp³-hybridized carbons (Fsp3) is 0.696. The van der Waals surface area contributed by atoms with E-state index in [4.69, 9.17) is 0 Å². The molecule has 0 bridgehead atoms. The molecular formula is C23H37N3O3S. The maximum Gasteiger partial charge on any atom is 0.253 e. The van der Waals surface area contributed by atoms with E-state index in [-0.39, 0.29) is 5.91 Å². The van der Waals surface area contributed by atoms with Crippen molar-refractivity contribution >= 4 is 21.6 Å². The Morgan fingerprint density at radius 2 is 1.47 bits per heavy atom. The minimum Gasteiger partial charge on any atom is -0.370 e. The predicted molar refractivity (Wildman–Crippen MR) is 122 cm³/mol. The summed E-state index contributed by atoms with van der Waals surface area (Å²) >= 11 is 0. The van der Waals surface area contributed by atoms with Crippen LogP contribution in [0.3, 0.4) is 0 Å². The van der Waals surface area contributed by atoms with E-state index >= 15 is 0 Å². The van der Waals surface area contributed by atoms with Crippen molar-refractivity contribution in [2.24, 2.45) is 0 Å². The molecule has 0 unspecified atom stereocenters. The summed E-state index contributed by atoms with van der Waals surface area (Å²) in [6.07, 6.45) is 7.98. The lowest BCUT2D eigenvalue weighted by Crippen LogP contribution is -2.38. The molecular weight excluding hydrogens is 398 g/mol. The van der Waals surface area contributed by atoms with E-state index in [0.717, 1.165) is 63.7 Å². The second-order valence-electron chi connectivity index (χ2n) is 8.49. The van der Waals surface area contributed by atoms with Gasteiger partial charge in [0.1, 0.15) is 4.90 Å². The number of hydrogen-bond donors (Lipinski definition) is 0. The summed E-state index contributed by atoms with van der Waals surface area (Å²) in [5.41, 5.74) is 1.24. The van der Waals surface area contributed by atoms with E-state index in [1.54, 1.807) is 10.4 Å². The normalized spacial score (nSPS) is 18.4. The van der Waals surface area contributed by atoms with Crippen LogP contribution in [0.4, 0.5) is 5.69 Å². The Balaban J connectivity index is 2.01. The highest BCUT2D eigenvalue weighted by Gasteiger charge is 2.31. The van der Waals surface area contributed by atoms with Crippen LogP contribution in [0.15, 0.2) is 23.1 Å². The third kappa shape index (κ3) is 5.17. The number of hydrogen-bond acceptors (Lipinski definition) is 4. The molecule has 2 aliphatic rings. The molecule has 3 rings (SSSR count). The average molecular weight is 436 g/mol. The van der Waals surface area contributed by atoms with Crippen molar-refractivity contribution in [3.8, 4) is 0 Å². The Hall–Kier alpha value is -1.60. The Morgan fingerprint density at radius 3 is 2.03 bits per heavy atom. The van der Waals surface area contributed by atoms with Gasteiger partial charge in [0.2, 0.25) is 10.0 Å². The molecule has 168 valence electrons. The second-order valence-corrected chi connectivity index (χ2v) is 10.4. The fourth-order valence-corrected chi connectivity index (χ4v) is 6.29. The summed E-state index contributed by atoms with van der Waals surface area (Å²) in [5.74, 6) is -0.0704. The summed E-state index contributed by atoms with van der Waals surface area (Å²) in [6.45, 7) is 8.36. The first kappa shape index (κ1) is 23.1. The zero-order valence-corrected chi connectivity index (χ0v) is 19.4. The first-order valence-electron chi connectivity index (χ1n) is 11.7. The molecule has 1 amide bonds. The quantitative estimate of drug-likeness (QED) is 0.616. The van der Waals surface area contributed by atoms with Gasteiger partial charge in [0.05, 0.1) is 5.69 Å². The molecule has 6 nitrogen and oxygen atoms in total. The number of sulfonamides is 1. The molecule has 0 saturated carbocycles. The minimum absolute atomic E-state index is 0.0704. The van der Waals surface area contributed by atoms with Crippen molar-refractivity contribution in [1.29, 1.82) is 0 Å². The molecule has 30 heavy (non-hydrogen) atoms. The summed E-state index contributed by atoms with van der Waals surface area (Å²) in [6, 6.07) is 5.33. The second kappa shape index (κ2) is 10.6. The average Bonchev–Trinajstić information content (AvgIpc) is 2.79. The number of piperidine rings is 2. The van der Waals surface area contributed by atoms with Crippen molar-refractivity contribution in [2.45, 2.75) is 70.1 Å². The zero-order valence-electron chi connectivity index (χ0n) is 18.6. The monoisotopic (exact) mass is 435 g/mol. The van der Waals surface area contributed by atoms with Crippen LogP contribution in [0.5, 0.6) is 0 Å². The number of benzene rings is 1. The van der Waals surface area contributed by atoms with Crippen LogP contribution < -0.4 is 4.90 Å². The molecule has 2 fully saturated rings. The molecule has 2 aliphatic heterocycles. The number of carbonyl (C=O) groups is 1. The van der Waals surface area contributed by atoms with Gasteiger partial charge in [0.25, 0.3) is 5.91 Å². The maximum absolute atomic E-state index is 13.6. The van der Waals surface area contributed by atoms with Gasteiger partial charge in [0.15, 0.2) is 0 Å². The van der Waals surface area contributed by atoms with Crippen LogP contribution in [0.2, 0.25) is 0 Å². The van der Waals surface area contributed by atoms with Gasteiger partial charge < -0.3 is 9.80 Å². The third-order valence-electron chi connectivity index (χ3n) is 6.11. The van der Waals surface area contributed by atoms with Gasteiger partial charge in [-0.1, -0.05) is 20.3 Å². The van der Waals surface area contributed by atoms with Crippen molar-refractivity contribution in [1.82, 2.24) is 9.21 Å². The van der Waals surface area contributed by atoms with Crippen LogP contribution in [0.25, 0.3) is 0 Å². The highest BCUT2D eigenvalue weighted by atomic mass is 32.2. The molecule has 0 N–H and O–H groups in total. The zero-order chi connectivity index (χ0) is 21.6. The number of anilines is 1. The SMILES string of the molecule is CCCN(CCC)C(=O)c1ccc(N2CCCCC2)c(S(=O)(=O)N2CCCCC2)c1. The van der Waals surface area contributed by atoms with Gasteiger partial charge in [0, 0.05) is 44.8 Å². The maximum atomic E-state index is 13.6. The summed E-state index contributed by atoms with van der Waals surface area (Å²) in [5, 5.41) is 0. The summed E-state index contributed by atoms with van der Waals surface area (Å²) in [4.78, 5) is 17.5. The van der Waals surface area contributed by atoms with Gasteiger partial charge in [-0.3, -0.25) is 4.79 Å². The van der Waals surface area contributed by atoms with Crippen molar-refractivity contribution < 1.29 is 13.2 Å². The van der Waals surface area contributed by atoms with Crippen molar-refractivity contribution in [3.05, 3.63) is 23.8 Å². The molecule has 0 radical (unpaired) electrons. The molecule has 2 saturated heterocycles. The van der Waals surface area contributed by atoms with Crippen molar-refractivity contribution in [3.63, 3.8) is 0 Å². The van der Waals surface area contributed by atoms with Crippen LogP contribution in [0, 0.1) is 0 Å². The molecule has 2 heterocycles. The number of nitrogens with zero attached hydrogens (tertiary/aromatic N) is 3. The summed E-state index contributed by atoms with van der Waals surface area (Å²) < 4.78 is 28.9. The largest absolute Gasteiger partial charge is 0.370 e. The van der Waals surface area contributed by atoms with Crippen molar-refractivity contribution in [2.75, 3.05) is 44.2 Å². The molecule has 0 atom stereocenters. The Bertz CT molecular complexity index is 807. The van der Waals surface area contributed by atoms with Gasteiger partial charge in [-0.2, -0.15) is 4.31 Å².